The molecule has 0 bridgehead atoms. The fourth-order valence-corrected chi connectivity index (χ4v) is 2.07. The first-order chi connectivity index (χ1) is 7.33. The van der Waals surface area contributed by atoms with E-state index in [1.807, 2.05) is 0 Å². The molecule has 1 saturated carbocycles. The summed E-state index contributed by atoms with van der Waals surface area (Å²) in [5.74, 6) is 0. The zero-order valence-corrected chi connectivity index (χ0v) is 9.67. The molecule has 15 heavy (non-hydrogen) atoms. The zero-order valence-electron chi connectivity index (χ0n) is 9.67. The third-order valence-electron chi connectivity index (χ3n) is 2.98. The molecule has 0 aromatic rings. The van der Waals surface area contributed by atoms with E-state index in [0.29, 0.717) is 0 Å². The molecule has 1 aliphatic rings. The number of carbonyl (C=O) groups excluding carboxylic acids is 1. The molecule has 0 heterocycles. The van der Waals surface area contributed by atoms with Gasteiger partial charge in [0.1, 0.15) is 6.10 Å². The summed E-state index contributed by atoms with van der Waals surface area (Å²) in [7, 11) is 1.36. The number of rotatable bonds is 1. The molecule has 0 aliphatic heterocycles. The molecule has 3 nitrogen and oxygen atoms in total. The van der Waals surface area contributed by atoms with Crippen LogP contribution < -0.4 is 0 Å². The molecule has 0 radical (unpaired) electrons. The Morgan fingerprint density at radius 2 is 1.40 bits per heavy atom. The Bertz CT molecular complexity index is 170. The average Bonchev–Trinajstić information content (AvgIpc) is 2.27. The maximum atomic E-state index is 11.0. The molecule has 1 fully saturated rings. The molecule has 0 aromatic heterocycles. The predicted octanol–water partition coefficient (Wildman–Crippen LogP) is 3.66. The molecule has 3 heteroatoms. The maximum absolute atomic E-state index is 11.0. The highest BCUT2D eigenvalue weighted by Crippen LogP contribution is 2.19. The van der Waals surface area contributed by atoms with Crippen molar-refractivity contribution in [2.45, 2.75) is 63.9 Å². The normalized spacial score (nSPS) is 20.6. The van der Waals surface area contributed by atoms with Crippen LogP contribution >= 0.6 is 0 Å². The second-order valence-corrected chi connectivity index (χ2v) is 4.25. The van der Waals surface area contributed by atoms with E-state index < -0.39 is 6.16 Å². The van der Waals surface area contributed by atoms with E-state index in [9.17, 15) is 4.79 Å². The van der Waals surface area contributed by atoms with Crippen molar-refractivity contribution in [2.24, 2.45) is 0 Å². The van der Waals surface area contributed by atoms with Gasteiger partial charge in [0.15, 0.2) is 0 Å². The van der Waals surface area contributed by atoms with Crippen LogP contribution in [0, 0.1) is 0 Å². The van der Waals surface area contributed by atoms with Crippen molar-refractivity contribution in [3.05, 3.63) is 0 Å². The van der Waals surface area contributed by atoms with Crippen molar-refractivity contribution in [3.63, 3.8) is 0 Å². The van der Waals surface area contributed by atoms with E-state index in [-0.39, 0.29) is 6.10 Å². The minimum absolute atomic E-state index is 0.0792. The second kappa shape index (κ2) is 7.55. The number of hydrogen-bond donors (Lipinski definition) is 0. The third kappa shape index (κ3) is 5.65. The first-order valence-electron chi connectivity index (χ1n) is 6.07. The fourth-order valence-electron chi connectivity index (χ4n) is 2.07. The monoisotopic (exact) mass is 214 g/mol. The highest BCUT2D eigenvalue weighted by Gasteiger charge is 2.14. The molecule has 0 saturated heterocycles. The molecular weight excluding hydrogens is 192 g/mol. The van der Waals surface area contributed by atoms with Crippen molar-refractivity contribution < 1.29 is 14.3 Å². The second-order valence-electron chi connectivity index (χ2n) is 4.25. The van der Waals surface area contributed by atoms with Crippen LogP contribution in [0.25, 0.3) is 0 Å². The molecule has 1 aliphatic carbocycles. The van der Waals surface area contributed by atoms with Crippen LogP contribution in [0.15, 0.2) is 0 Å². The van der Waals surface area contributed by atoms with Gasteiger partial charge in [-0.15, -0.1) is 0 Å². The SMILES string of the molecule is COC(=O)OC1CCCCCCCCC1. The van der Waals surface area contributed by atoms with Crippen molar-refractivity contribution in [1.29, 1.82) is 0 Å². The van der Waals surface area contributed by atoms with Gasteiger partial charge in [-0.1, -0.05) is 32.1 Å². The lowest BCUT2D eigenvalue weighted by atomic mass is 9.99. The zero-order chi connectivity index (χ0) is 10.9. The third-order valence-corrected chi connectivity index (χ3v) is 2.98. The number of carbonyl (C=O) groups is 1. The number of ether oxygens (including phenoxy) is 2. The van der Waals surface area contributed by atoms with Crippen LogP contribution in [-0.4, -0.2) is 19.4 Å². The Hall–Kier alpha value is -0.730. The fraction of sp³-hybridized carbons (Fsp3) is 0.917. The summed E-state index contributed by atoms with van der Waals surface area (Å²) in [6.45, 7) is 0. The molecular formula is C12H22O3. The Morgan fingerprint density at radius 1 is 0.933 bits per heavy atom. The van der Waals surface area contributed by atoms with E-state index in [1.165, 1.54) is 52.1 Å². The van der Waals surface area contributed by atoms with E-state index in [0.717, 1.165) is 12.8 Å². The van der Waals surface area contributed by atoms with Crippen LogP contribution in [0.2, 0.25) is 0 Å². The standard InChI is InChI=1S/C12H22O3/c1-14-12(13)15-11-9-7-5-3-2-4-6-8-10-11/h11H,2-10H2,1H3. The van der Waals surface area contributed by atoms with Crippen molar-refractivity contribution in [2.75, 3.05) is 7.11 Å². The summed E-state index contributed by atoms with van der Waals surface area (Å²) in [4.78, 5) is 11.0. The summed E-state index contributed by atoms with van der Waals surface area (Å²) < 4.78 is 9.73. The minimum Gasteiger partial charge on any atom is -0.438 e. The van der Waals surface area contributed by atoms with E-state index >= 15 is 0 Å². The Morgan fingerprint density at radius 3 is 1.87 bits per heavy atom. The molecule has 0 amide bonds. The lowest BCUT2D eigenvalue weighted by Gasteiger charge is -2.18. The van der Waals surface area contributed by atoms with Crippen LogP contribution in [0.3, 0.4) is 0 Å². The topological polar surface area (TPSA) is 35.5 Å². The van der Waals surface area contributed by atoms with Gasteiger partial charge in [-0.3, -0.25) is 0 Å². The number of hydrogen-bond acceptors (Lipinski definition) is 3. The van der Waals surface area contributed by atoms with Gasteiger partial charge in [-0.25, -0.2) is 4.79 Å². The maximum Gasteiger partial charge on any atom is 0.508 e. The summed E-state index contributed by atoms with van der Waals surface area (Å²) in [6, 6.07) is 0. The van der Waals surface area contributed by atoms with Gasteiger partial charge >= 0.3 is 6.16 Å². The Balaban J connectivity index is 2.28. The number of methoxy groups -OCH3 is 1. The molecule has 0 N–H and O–H groups in total. The predicted molar refractivity (Wildman–Crippen MR) is 58.8 cm³/mol. The van der Waals surface area contributed by atoms with Gasteiger partial charge in [0.05, 0.1) is 7.11 Å². The van der Waals surface area contributed by atoms with Gasteiger partial charge in [0, 0.05) is 0 Å². The van der Waals surface area contributed by atoms with Crippen molar-refractivity contribution >= 4 is 6.16 Å². The quantitative estimate of drug-likeness (QED) is 0.625. The first-order valence-corrected chi connectivity index (χ1v) is 6.07. The molecule has 88 valence electrons. The highest BCUT2D eigenvalue weighted by molar-refractivity contribution is 5.59. The van der Waals surface area contributed by atoms with Crippen molar-refractivity contribution in [3.8, 4) is 0 Å². The lowest BCUT2D eigenvalue weighted by Crippen LogP contribution is -2.18. The first kappa shape index (κ1) is 12.3. The van der Waals surface area contributed by atoms with Crippen LogP contribution in [-0.2, 0) is 9.47 Å². The Labute approximate surface area is 92.1 Å². The van der Waals surface area contributed by atoms with Crippen molar-refractivity contribution in [1.82, 2.24) is 0 Å². The summed E-state index contributed by atoms with van der Waals surface area (Å²) in [5, 5.41) is 0. The van der Waals surface area contributed by atoms with Gasteiger partial charge in [-0.05, 0) is 25.7 Å². The highest BCUT2D eigenvalue weighted by atomic mass is 16.7. The summed E-state index contributed by atoms with van der Waals surface area (Å²) in [5.41, 5.74) is 0. The molecule has 0 aromatic carbocycles. The molecule has 0 atom stereocenters. The summed E-state index contributed by atoms with van der Waals surface area (Å²) in [6.07, 6.45) is 10.4. The van der Waals surface area contributed by atoms with Gasteiger partial charge in [0.2, 0.25) is 0 Å². The molecule has 0 spiro atoms. The van der Waals surface area contributed by atoms with Crippen LogP contribution in [0.4, 0.5) is 4.79 Å². The van der Waals surface area contributed by atoms with Gasteiger partial charge in [0.25, 0.3) is 0 Å². The molecule has 1 rings (SSSR count). The van der Waals surface area contributed by atoms with E-state index in [4.69, 9.17) is 4.74 Å². The largest absolute Gasteiger partial charge is 0.508 e. The Kier molecular flexibility index (Phi) is 6.21. The van der Waals surface area contributed by atoms with E-state index in [1.54, 1.807) is 0 Å². The smallest absolute Gasteiger partial charge is 0.438 e. The average molecular weight is 214 g/mol. The van der Waals surface area contributed by atoms with E-state index in [2.05, 4.69) is 4.74 Å². The van der Waals surface area contributed by atoms with Gasteiger partial charge in [-0.2, -0.15) is 0 Å². The minimum atomic E-state index is -0.531. The lowest BCUT2D eigenvalue weighted by molar-refractivity contribution is 0.0283. The van der Waals surface area contributed by atoms with Gasteiger partial charge < -0.3 is 9.47 Å². The van der Waals surface area contributed by atoms with Crippen LogP contribution in [0.1, 0.15) is 57.8 Å². The summed E-state index contributed by atoms with van der Waals surface area (Å²) >= 11 is 0. The molecule has 0 unspecified atom stereocenters. The van der Waals surface area contributed by atoms with Crippen LogP contribution in [0.5, 0.6) is 0 Å².